The van der Waals surface area contributed by atoms with Crippen LogP contribution in [0.25, 0.3) is 0 Å². The molecule has 1 aliphatic heterocycles. The van der Waals surface area contributed by atoms with Crippen molar-refractivity contribution in [3.8, 4) is 5.75 Å². The number of carboxylic acid groups (broad SMARTS) is 1. The molecule has 1 aromatic carbocycles. The fourth-order valence-corrected chi connectivity index (χ4v) is 3.80. The summed E-state index contributed by atoms with van der Waals surface area (Å²) >= 11 is 0. The quantitative estimate of drug-likeness (QED) is 0.862. The molecular formula is C14H19NO5S. The molecule has 1 aromatic rings. The van der Waals surface area contributed by atoms with Gasteiger partial charge in [0, 0.05) is 13.1 Å². The van der Waals surface area contributed by atoms with Gasteiger partial charge in [-0.05, 0) is 36.6 Å². The van der Waals surface area contributed by atoms with Gasteiger partial charge < -0.3 is 9.84 Å². The minimum absolute atomic E-state index is 0.0606. The SMILES string of the molecule is CC1CCN(S(=O)(=O)c2ccc(OCCC(=O)O)cc2)C1. The van der Waals surface area contributed by atoms with E-state index in [0.29, 0.717) is 24.8 Å². The fraction of sp³-hybridized carbons (Fsp3) is 0.500. The van der Waals surface area contributed by atoms with Gasteiger partial charge in [0.2, 0.25) is 10.0 Å². The van der Waals surface area contributed by atoms with E-state index in [2.05, 4.69) is 0 Å². The zero-order valence-corrected chi connectivity index (χ0v) is 12.7. The number of carbonyl (C=O) groups is 1. The Balaban J connectivity index is 2.02. The Bertz CT molecular complexity index is 596. The van der Waals surface area contributed by atoms with Crippen LogP contribution in [0, 0.1) is 5.92 Å². The van der Waals surface area contributed by atoms with Gasteiger partial charge in [0.05, 0.1) is 17.9 Å². The molecule has 21 heavy (non-hydrogen) atoms. The van der Waals surface area contributed by atoms with E-state index < -0.39 is 16.0 Å². The van der Waals surface area contributed by atoms with Gasteiger partial charge in [-0.1, -0.05) is 6.92 Å². The van der Waals surface area contributed by atoms with Crippen LogP contribution < -0.4 is 4.74 Å². The van der Waals surface area contributed by atoms with Crippen LogP contribution in [0.2, 0.25) is 0 Å². The Morgan fingerprint density at radius 3 is 2.57 bits per heavy atom. The van der Waals surface area contributed by atoms with Gasteiger partial charge in [0.1, 0.15) is 5.75 Å². The van der Waals surface area contributed by atoms with Crippen LogP contribution in [0.1, 0.15) is 19.8 Å². The molecule has 0 spiro atoms. The van der Waals surface area contributed by atoms with Crippen molar-refractivity contribution < 1.29 is 23.1 Å². The van der Waals surface area contributed by atoms with E-state index in [4.69, 9.17) is 9.84 Å². The topological polar surface area (TPSA) is 83.9 Å². The summed E-state index contributed by atoms with van der Waals surface area (Å²) in [4.78, 5) is 10.6. The third-order valence-electron chi connectivity index (χ3n) is 3.43. The van der Waals surface area contributed by atoms with Crippen molar-refractivity contribution in [2.75, 3.05) is 19.7 Å². The van der Waals surface area contributed by atoms with E-state index >= 15 is 0 Å². The maximum atomic E-state index is 12.4. The summed E-state index contributed by atoms with van der Waals surface area (Å²) in [6.07, 6.45) is 0.793. The number of rotatable bonds is 6. The lowest BCUT2D eigenvalue weighted by Crippen LogP contribution is -2.28. The molecular weight excluding hydrogens is 294 g/mol. The molecule has 0 bridgehead atoms. The van der Waals surface area contributed by atoms with Crippen molar-refractivity contribution in [2.45, 2.75) is 24.7 Å². The van der Waals surface area contributed by atoms with E-state index in [0.717, 1.165) is 6.42 Å². The largest absolute Gasteiger partial charge is 0.493 e. The van der Waals surface area contributed by atoms with Crippen molar-refractivity contribution in [3.63, 3.8) is 0 Å². The van der Waals surface area contributed by atoms with Crippen molar-refractivity contribution in [3.05, 3.63) is 24.3 Å². The zero-order valence-electron chi connectivity index (χ0n) is 11.9. The van der Waals surface area contributed by atoms with E-state index in [1.54, 1.807) is 12.1 Å². The van der Waals surface area contributed by atoms with Crippen molar-refractivity contribution in [1.29, 1.82) is 0 Å². The summed E-state index contributed by atoms with van der Waals surface area (Å²) in [7, 11) is -3.44. The summed E-state index contributed by atoms with van der Waals surface area (Å²) in [5, 5.41) is 8.52. The second kappa shape index (κ2) is 6.44. The molecule has 0 radical (unpaired) electrons. The van der Waals surface area contributed by atoms with Crippen LogP contribution in [0.4, 0.5) is 0 Å². The molecule has 2 rings (SSSR count). The minimum atomic E-state index is -3.44. The predicted octanol–water partition coefficient (Wildman–Crippen LogP) is 1.57. The summed E-state index contributed by atoms with van der Waals surface area (Å²) in [5.41, 5.74) is 0. The third kappa shape index (κ3) is 3.95. The fourth-order valence-electron chi connectivity index (χ4n) is 2.23. The Kier molecular flexibility index (Phi) is 4.84. The molecule has 6 nitrogen and oxygen atoms in total. The molecule has 0 amide bonds. The summed E-state index contributed by atoms with van der Waals surface area (Å²) < 4.78 is 31.5. The molecule has 116 valence electrons. The van der Waals surface area contributed by atoms with Gasteiger partial charge in [-0.15, -0.1) is 0 Å². The lowest BCUT2D eigenvalue weighted by Gasteiger charge is -2.16. The van der Waals surface area contributed by atoms with E-state index in [9.17, 15) is 13.2 Å². The maximum absolute atomic E-state index is 12.4. The second-order valence-corrected chi connectivity index (χ2v) is 7.16. The number of hydrogen-bond donors (Lipinski definition) is 1. The average Bonchev–Trinajstić information content (AvgIpc) is 2.86. The first-order valence-electron chi connectivity index (χ1n) is 6.84. The predicted molar refractivity (Wildman–Crippen MR) is 76.7 cm³/mol. The average molecular weight is 313 g/mol. The van der Waals surface area contributed by atoms with Gasteiger partial charge in [-0.3, -0.25) is 4.79 Å². The van der Waals surface area contributed by atoms with Gasteiger partial charge in [0.15, 0.2) is 0 Å². The highest BCUT2D eigenvalue weighted by Crippen LogP contribution is 2.25. The first kappa shape index (κ1) is 15.8. The maximum Gasteiger partial charge on any atom is 0.306 e. The molecule has 1 N–H and O–H groups in total. The summed E-state index contributed by atoms with van der Waals surface area (Å²) in [6, 6.07) is 6.09. The highest BCUT2D eigenvalue weighted by Gasteiger charge is 2.30. The molecule has 7 heteroatoms. The van der Waals surface area contributed by atoms with Gasteiger partial charge >= 0.3 is 5.97 Å². The van der Waals surface area contributed by atoms with Gasteiger partial charge in [-0.25, -0.2) is 8.42 Å². The Morgan fingerprint density at radius 2 is 2.05 bits per heavy atom. The number of nitrogens with zero attached hydrogens (tertiary/aromatic N) is 1. The molecule has 0 aliphatic carbocycles. The Hall–Kier alpha value is -1.60. The van der Waals surface area contributed by atoms with E-state index in [1.165, 1.54) is 16.4 Å². The normalized spacial score (nSPS) is 19.6. The third-order valence-corrected chi connectivity index (χ3v) is 5.31. The molecule has 1 saturated heterocycles. The van der Waals surface area contributed by atoms with Gasteiger partial charge in [-0.2, -0.15) is 4.31 Å². The minimum Gasteiger partial charge on any atom is -0.493 e. The van der Waals surface area contributed by atoms with Crippen LogP contribution in [0.3, 0.4) is 0 Å². The standard InChI is InChI=1S/C14H19NO5S/c1-11-6-8-15(10-11)21(18,19)13-4-2-12(3-5-13)20-9-7-14(16)17/h2-5,11H,6-10H2,1H3,(H,16,17). The summed E-state index contributed by atoms with van der Waals surface area (Å²) in [6.45, 7) is 3.21. The first-order chi connectivity index (χ1) is 9.89. The number of ether oxygens (including phenoxy) is 1. The highest BCUT2D eigenvalue weighted by molar-refractivity contribution is 7.89. The molecule has 0 saturated carbocycles. The van der Waals surface area contributed by atoms with Crippen LogP contribution in [0.5, 0.6) is 5.75 Å². The number of benzene rings is 1. The smallest absolute Gasteiger partial charge is 0.306 e. The number of hydrogen-bond acceptors (Lipinski definition) is 4. The number of aliphatic carboxylic acids is 1. The first-order valence-corrected chi connectivity index (χ1v) is 8.28. The van der Waals surface area contributed by atoms with Crippen LogP contribution in [0.15, 0.2) is 29.2 Å². The van der Waals surface area contributed by atoms with Gasteiger partial charge in [0.25, 0.3) is 0 Å². The highest BCUT2D eigenvalue weighted by atomic mass is 32.2. The van der Waals surface area contributed by atoms with Crippen molar-refractivity contribution in [1.82, 2.24) is 4.31 Å². The molecule has 0 aromatic heterocycles. The van der Waals surface area contributed by atoms with Crippen molar-refractivity contribution in [2.24, 2.45) is 5.92 Å². The molecule has 1 aliphatic rings. The monoisotopic (exact) mass is 313 g/mol. The molecule has 1 atom stereocenters. The number of carboxylic acids is 1. The lowest BCUT2D eigenvalue weighted by molar-refractivity contribution is -0.137. The lowest BCUT2D eigenvalue weighted by atomic mass is 10.2. The molecule has 1 unspecified atom stereocenters. The zero-order chi connectivity index (χ0) is 15.5. The Morgan fingerprint density at radius 1 is 1.38 bits per heavy atom. The molecule has 1 fully saturated rings. The number of sulfonamides is 1. The van der Waals surface area contributed by atoms with Crippen LogP contribution in [-0.4, -0.2) is 43.5 Å². The van der Waals surface area contributed by atoms with Crippen molar-refractivity contribution >= 4 is 16.0 Å². The van der Waals surface area contributed by atoms with E-state index in [-0.39, 0.29) is 17.9 Å². The molecule has 1 heterocycles. The van der Waals surface area contributed by atoms with Crippen LogP contribution >= 0.6 is 0 Å². The summed E-state index contributed by atoms with van der Waals surface area (Å²) in [5.74, 6) is -0.0826. The van der Waals surface area contributed by atoms with E-state index in [1.807, 2.05) is 6.92 Å². The second-order valence-electron chi connectivity index (χ2n) is 5.22. The Labute approximate surface area is 124 Å². The van der Waals surface area contributed by atoms with Crippen LogP contribution in [-0.2, 0) is 14.8 Å².